The van der Waals surface area contributed by atoms with Crippen molar-refractivity contribution in [1.82, 2.24) is 9.80 Å². The van der Waals surface area contributed by atoms with E-state index in [1.54, 1.807) is 18.2 Å². The highest BCUT2D eigenvalue weighted by Crippen LogP contribution is 2.26. The predicted molar refractivity (Wildman–Crippen MR) is 123 cm³/mol. The van der Waals surface area contributed by atoms with Crippen LogP contribution in [-0.2, 0) is 13.2 Å². The van der Waals surface area contributed by atoms with E-state index in [0.717, 1.165) is 24.2 Å². The number of hydrogen-bond donors (Lipinski definition) is 0. The molecule has 8 heteroatoms. The summed E-state index contributed by atoms with van der Waals surface area (Å²) in [5.74, 6) is -0.182. The molecule has 1 aromatic heterocycles. The van der Waals surface area contributed by atoms with Crippen molar-refractivity contribution < 1.29 is 13.9 Å². The molecule has 3 aromatic rings. The molecule has 0 spiro atoms. The van der Waals surface area contributed by atoms with Crippen LogP contribution in [0.3, 0.4) is 0 Å². The maximum atomic E-state index is 13.7. The highest BCUT2D eigenvalue weighted by molar-refractivity contribution is 7.12. The number of benzene rings is 2. The monoisotopic (exact) mass is 478 g/mol. The zero-order chi connectivity index (χ0) is 21.8. The van der Waals surface area contributed by atoms with Crippen LogP contribution in [0.1, 0.15) is 20.8 Å². The Morgan fingerprint density at radius 2 is 1.74 bits per heavy atom. The van der Waals surface area contributed by atoms with Gasteiger partial charge in [-0.1, -0.05) is 41.4 Å². The number of hydrogen-bond acceptors (Lipinski definition) is 4. The third-order valence-corrected chi connectivity index (χ3v) is 6.87. The summed E-state index contributed by atoms with van der Waals surface area (Å²) in [5.41, 5.74) is 1.77. The second kappa shape index (κ2) is 10.0. The number of carbonyl (C=O) groups is 1. The summed E-state index contributed by atoms with van der Waals surface area (Å²) in [4.78, 5) is 17.7. The first-order chi connectivity index (χ1) is 15.0. The van der Waals surface area contributed by atoms with Crippen LogP contribution in [0, 0.1) is 5.82 Å². The van der Waals surface area contributed by atoms with Crippen LogP contribution < -0.4 is 4.74 Å². The molecule has 162 valence electrons. The van der Waals surface area contributed by atoms with E-state index >= 15 is 0 Å². The molecule has 4 nitrogen and oxygen atoms in total. The third kappa shape index (κ3) is 5.39. The quantitative estimate of drug-likeness (QED) is 0.453. The van der Waals surface area contributed by atoms with Crippen LogP contribution in [0.2, 0.25) is 10.0 Å². The Kier molecular flexibility index (Phi) is 7.13. The van der Waals surface area contributed by atoms with Gasteiger partial charge in [-0.2, -0.15) is 0 Å². The van der Waals surface area contributed by atoms with Crippen molar-refractivity contribution in [2.24, 2.45) is 0 Å². The van der Waals surface area contributed by atoms with Gasteiger partial charge in [-0.15, -0.1) is 11.3 Å². The standard InChI is InChI=1S/C23H21Cl2FN2O2S/c24-18-4-3-5-19(25)17(18)13-27-8-10-28(11-9-27)23(29)22-12-16(15-31-22)14-30-21-7-2-1-6-20(21)26/h1-7,12,15H,8-11,13-14H2. The molecule has 2 heterocycles. The number of carbonyl (C=O) groups excluding carboxylic acids is 1. The molecule has 1 saturated heterocycles. The number of halogens is 3. The number of nitrogens with zero attached hydrogens (tertiary/aromatic N) is 2. The van der Waals surface area contributed by atoms with Crippen molar-refractivity contribution in [2.45, 2.75) is 13.2 Å². The van der Waals surface area contributed by atoms with Crippen LogP contribution in [-0.4, -0.2) is 41.9 Å². The van der Waals surface area contributed by atoms with Gasteiger partial charge in [-0.3, -0.25) is 9.69 Å². The van der Waals surface area contributed by atoms with Crippen molar-refractivity contribution in [2.75, 3.05) is 26.2 Å². The molecule has 0 radical (unpaired) electrons. The van der Waals surface area contributed by atoms with Gasteiger partial charge in [0, 0.05) is 53.9 Å². The van der Waals surface area contributed by atoms with E-state index in [-0.39, 0.29) is 18.3 Å². The number of amides is 1. The number of ether oxygens (including phenoxy) is 1. The van der Waals surface area contributed by atoms with Gasteiger partial charge in [0.1, 0.15) is 6.61 Å². The van der Waals surface area contributed by atoms with Crippen molar-refractivity contribution in [3.8, 4) is 5.75 Å². The minimum Gasteiger partial charge on any atom is -0.486 e. The summed E-state index contributed by atoms with van der Waals surface area (Å²) in [7, 11) is 0. The normalized spacial score (nSPS) is 14.6. The van der Waals surface area contributed by atoms with Crippen molar-refractivity contribution in [3.05, 3.63) is 85.8 Å². The predicted octanol–water partition coefficient (Wildman–Crippen LogP) is 5.73. The third-order valence-electron chi connectivity index (χ3n) is 5.20. The molecule has 1 aliphatic heterocycles. The van der Waals surface area contributed by atoms with E-state index in [1.807, 2.05) is 34.5 Å². The first-order valence-electron chi connectivity index (χ1n) is 9.90. The molecule has 0 unspecified atom stereocenters. The Labute approximate surface area is 194 Å². The number of piperazine rings is 1. The van der Waals surface area contributed by atoms with Gasteiger partial charge in [0.25, 0.3) is 5.91 Å². The lowest BCUT2D eigenvalue weighted by Gasteiger charge is -2.34. The number of thiophene rings is 1. The summed E-state index contributed by atoms with van der Waals surface area (Å²) in [5, 5.41) is 3.20. The fraction of sp³-hybridized carbons (Fsp3) is 0.261. The van der Waals surface area contributed by atoms with Crippen molar-refractivity contribution in [1.29, 1.82) is 0 Å². The average Bonchev–Trinajstić information content (AvgIpc) is 3.25. The molecule has 2 aromatic carbocycles. The summed E-state index contributed by atoms with van der Waals surface area (Å²) in [6.07, 6.45) is 0. The fourth-order valence-electron chi connectivity index (χ4n) is 3.46. The number of para-hydroxylation sites is 1. The molecular formula is C23H21Cl2FN2O2S. The van der Waals surface area contributed by atoms with Crippen LogP contribution >= 0.6 is 34.5 Å². The largest absolute Gasteiger partial charge is 0.486 e. The Bertz CT molecular complexity index is 1050. The average molecular weight is 479 g/mol. The zero-order valence-electron chi connectivity index (χ0n) is 16.7. The molecule has 1 fully saturated rings. The first kappa shape index (κ1) is 22.1. The molecule has 0 atom stereocenters. The van der Waals surface area contributed by atoms with E-state index in [1.165, 1.54) is 17.4 Å². The van der Waals surface area contributed by atoms with Crippen molar-refractivity contribution >= 4 is 40.4 Å². The topological polar surface area (TPSA) is 32.8 Å². The lowest BCUT2D eigenvalue weighted by molar-refractivity contribution is 0.0633. The summed E-state index contributed by atoms with van der Waals surface area (Å²) >= 11 is 13.9. The minimum absolute atomic E-state index is 0.0116. The Morgan fingerprint density at radius 1 is 1.03 bits per heavy atom. The molecule has 1 amide bonds. The van der Waals surface area contributed by atoms with Crippen LogP contribution in [0.4, 0.5) is 4.39 Å². The minimum atomic E-state index is -0.398. The molecule has 0 aliphatic carbocycles. The van der Waals surface area contributed by atoms with E-state index in [2.05, 4.69) is 4.90 Å². The maximum Gasteiger partial charge on any atom is 0.264 e. The SMILES string of the molecule is O=C(c1cc(COc2ccccc2F)cs1)N1CCN(Cc2c(Cl)cccc2Cl)CC1. The van der Waals surface area contributed by atoms with Gasteiger partial charge in [0.05, 0.1) is 4.88 Å². The molecule has 1 aliphatic rings. The first-order valence-corrected chi connectivity index (χ1v) is 11.5. The summed E-state index contributed by atoms with van der Waals surface area (Å²) < 4.78 is 19.2. The van der Waals surface area contributed by atoms with Gasteiger partial charge >= 0.3 is 0 Å². The Hall–Kier alpha value is -2.12. The highest BCUT2D eigenvalue weighted by atomic mass is 35.5. The molecule has 31 heavy (non-hydrogen) atoms. The van der Waals surface area contributed by atoms with Crippen LogP contribution in [0.25, 0.3) is 0 Å². The van der Waals surface area contributed by atoms with Crippen LogP contribution in [0.5, 0.6) is 5.75 Å². The van der Waals surface area contributed by atoms with Gasteiger partial charge in [0.2, 0.25) is 0 Å². The van der Waals surface area contributed by atoms with Gasteiger partial charge in [-0.05, 0) is 35.7 Å². The Morgan fingerprint density at radius 3 is 2.45 bits per heavy atom. The van der Waals surface area contributed by atoms with Crippen molar-refractivity contribution in [3.63, 3.8) is 0 Å². The molecule has 0 saturated carbocycles. The van der Waals surface area contributed by atoms with Gasteiger partial charge < -0.3 is 9.64 Å². The molecular weight excluding hydrogens is 458 g/mol. The number of rotatable bonds is 6. The van der Waals surface area contributed by atoms with Gasteiger partial charge in [-0.25, -0.2) is 4.39 Å². The summed E-state index contributed by atoms with van der Waals surface area (Å²) in [6.45, 7) is 3.66. The van der Waals surface area contributed by atoms with E-state index in [0.29, 0.717) is 34.6 Å². The smallest absolute Gasteiger partial charge is 0.264 e. The highest BCUT2D eigenvalue weighted by Gasteiger charge is 2.24. The lowest BCUT2D eigenvalue weighted by Crippen LogP contribution is -2.48. The fourth-order valence-corrected chi connectivity index (χ4v) is 4.84. The maximum absolute atomic E-state index is 13.7. The second-order valence-electron chi connectivity index (χ2n) is 7.31. The van der Waals surface area contributed by atoms with E-state index in [4.69, 9.17) is 27.9 Å². The lowest BCUT2D eigenvalue weighted by atomic mass is 10.2. The zero-order valence-corrected chi connectivity index (χ0v) is 19.0. The van der Waals surface area contributed by atoms with E-state index < -0.39 is 5.82 Å². The Balaban J connectivity index is 1.30. The molecule has 0 N–H and O–H groups in total. The van der Waals surface area contributed by atoms with Gasteiger partial charge in [0.15, 0.2) is 11.6 Å². The molecule has 0 bridgehead atoms. The van der Waals surface area contributed by atoms with Crippen LogP contribution in [0.15, 0.2) is 53.9 Å². The van der Waals surface area contributed by atoms with E-state index in [9.17, 15) is 9.18 Å². The second-order valence-corrected chi connectivity index (χ2v) is 9.03. The molecule has 4 rings (SSSR count). The summed E-state index contributed by atoms with van der Waals surface area (Å²) in [6, 6.07) is 13.6.